The first-order valence-electron chi connectivity index (χ1n) is 10.1. The summed E-state index contributed by atoms with van der Waals surface area (Å²) in [6, 6.07) is -0.206. The van der Waals surface area contributed by atoms with Crippen LogP contribution in [0.1, 0.15) is 49.2 Å². The van der Waals surface area contributed by atoms with Crippen LogP contribution in [0.5, 0.6) is 0 Å². The Kier molecular flexibility index (Phi) is 5.48. The van der Waals surface area contributed by atoms with Crippen LogP contribution < -0.4 is 5.32 Å². The van der Waals surface area contributed by atoms with Crippen molar-refractivity contribution in [3.8, 4) is 0 Å². The van der Waals surface area contributed by atoms with Gasteiger partial charge >= 0.3 is 6.03 Å². The maximum Gasteiger partial charge on any atom is 0.326 e. The number of thiazole rings is 1. The Labute approximate surface area is 164 Å². The van der Waals surface area contributed by atoms with Crippen LogP contribution in [0.25, 0.3) is 0 Å². The van der Waals surface area contributed by atoms with E-state index in [1.807, 2.05) is 6.92 Å². The van der Waals surface area contributed by atoms with Crippen LogP contribution in [0.2, 0.25) is 0 Å². The summed E-state index contributed by atoms with van der Waals surface area (Å²) in [7, 11) is 0. The Bertz CT molecular complexity index is 690. The fourth-order valence-electron chi connectivity index (χ4n) is 4.47. The van der Waals surface area contributed by atoms with Crippen molar-refractivity contribution in [1.82, 2.24) is 25.0 Å². The zero-order chi connectivity index (χ0) is 18.9. The third kappa shape index (κ3) is 4.02. The third-order valence-electron chi connectivity index (χ3n) is 6.06. The predicted octanol–water partition coefficient (Wildman–Crippen LogP) is 2.17. The molecule has 27 heavy (non-hydrogen) atoms. The average molecular weight is 392 g/mol. The molecule has 8 heteroatoms. The van der Waals surface area contributed by atoms with Gasteiger partial charge in [0.05, 0.1) is 17.4 Å². The highest BCUT2D eigenvalue weighted by Crippen LogP contribution is 2.32. The molecule has 3 amide bonds. The molecular formula is C19H29N5O2S. The summed E-state index contributed by atoms with van der Waals surface area (Å²) in [6.45, 7) is 6.93. The molecule has 1 aliphatic carbocycles. The molecular weight excluding hydrogens is 362 g/mol. The Morgan fingerprint density at radius 1 is 1.07 bits per heavy atom. The van der Waals surface area contributed by atoms with E-state index in [1.165, 1.54) is 4.90 Å². The number of aromatic nitrogens is 1. The van der Waals surface area contributed by atoms with Crippen LogP contribution in [-0.2, 0) is 11.3 Å². The molecule has 1 aromatic heterocycles. The van der Waals surface area contributed by atoms with E-state index in [-0.39, 0.29) is 11.9 Å². The van der Waals surface area contributed by atoms with Crippen LogP contribution in [0.4, 0.5) is 4.79 Å². The number of urea groups is 1. The van der Waals surface area contributed by atoms with Gasteiger partial charge in [0.25, 0.3) is 5.91 Å². The van der Waals surface area contributed by atoms with E-state index in [2.05, 4.69) is 25.5 Å². The lowest BCUT2D eigenvalue weighted by molar-refractivity contribution is -0.133. The number of amides is 3. The lowest BCUT2D eigenvalue weighted by Gasteiger charge is -2.35. The van der Waals surface area contributed by atoms with Crippen molar-refractivity contribution in [2.45, 2.75) is 57.5 Å². The molecule has 0 aromatic carbocycles. The monoisotopic (exact) mass is 391 g/mol. The molecule has 0 bridgehead atoms. The Morgan fingerprint density at radius 2 is 1.74 bits per heavy atom. The van der Waals surface area contributed by atoms with Crippen molar-refractivity contribution < 1.29 is 9.59 Å². The molecule has 1 N–H and O–H groups in total. The topological polar surface area (TPSA) is 68.8 Å². The molecule has 3 aliphatic rings. The number of aryl methyl sites for hydroxylation is 1. The van der Waals surface area contributed by atoms with E-state index in [0.717, 1.165) is 82.0 Å². The smallest absolute Gasteiger partial charge is 0.323 e. The molecule has 1 aromatic rings. The van der Waals surface area contributed by atoms with Crippen LogP contribution in [0.3, 0.4) is 0 Å². The Morgan fingerprint density at radius 3 is 2.37 bits per heavy atom. The van der Waals surface area contributed by atoms with Gasteiger partial charge in [-0.2, -0.15) is 0 Å². The second-order valence-corrected chi connectivity index (χ2v) is 9.12. The van der Waals surface area contributed by atoms with Crippen molar-refractivity contribution in [2.75, 3.05) is 32.8 Å². The number of nitrogens with one attached hydrogen (secondary N) is 1. The molecule has 148 valence electrons. The van der Waals surface area contributed by atoms with Gasteiger partial charge in [0.1, 0.15) is 5.54 Å². The van der Waals surface area contributed by atoms with E-state index in [9.17, 15) is 9.59 Å². The van der Waals surface area contributed by atoms with E-state index in [4.69, 9.17) is 0 Å². The standard InChI is InChI=1S/C19H29N5O2S/c1-15-20-16(13-27-15)12-22-8-10-23(11-9-22)14-24-17(25)19(21-18(24)26)6-4-2-3-5-7-19/h13H,2-12,14H2,1H3,(H,21,26). The first kappa shape index (κ1) is 18.8. The van der Waals surface area contributed by atoms with Crippen molar-refractivity contribution in [1.29, 1.82) is 0 Å². The number of carbonyl (C=O) groups excluding carboxylic acids is 2. The number of carbonyl (C=O) groups is 2. The zero-order valence-electron chi connectivity index (χ0n) is 16.1. The Balaban J connectivity index is 1.31. The van der Waals surface area contributed by atoms with Gasteiger partial charge in [-0.1, -0.05) is 25.7 Å². The summed E-state index contributed by atoms with van der Waals surface area (Å²) in [6.07, 6.45) is 5.93. The number of rotatable bonds is 4. The third-order valence-corrected chi connectivity index (χ3v) is 6.88. The normalized spacial score (nSPS) is 24.4. The maximum atomic E-state index is 13.0. The van der Waals surface area contributed by atoms with Crippen molar-refractivity contribution in [3.05, 3.63) is 16.1 Å². The number of piperazine rings is 1. The highest BCUT2D eigenvalue weighted by atomic mass is 32.1. The van der Waals surface area contributed by atoms with Crippen molar-refractivity contribution >= 4 is 23.3 Å². The maximum absolute atomic E-state index is 13.0. The number of imide groups is 1. The SMILES string of the molecule is Cc1nc(CN2CCN(CN3C(=O)NC4(CCCCCC4)C3=O)CC2)cs1. The molecule has 1 spiro atoms. The minimum atomic E-state index is -0.627. The molecule has 1 saturated carbocycles. The fraction of sp³-hybridized carbons (Fsp3) is 0.737. The molecule has 3 fully saturated rings. The van der Waals surface area contributed by atoms with Crippen LogP contribution in [-0.4, -0.2) is 70.0 Å². The van der Waals surface area contributed by atoms with Gasteiger partial charge in [-0.15, -0.1) is 11.3 Å². The number of hydrogen-bond donors (Lipinski definition) is 1. The van der Waals surface area contributed by atoms with Gasteiger partial charge in [0, 0.05) is 38.1 Å². The van der Waals surface area contributed by atoms with Gasteiger partial charge in [0.2, 0.25) is 0 Å². The molecule has 3 heterocycles. The molecule has 2 aliphatic heterocycles. The van der Waals surface area contributed by atoms with Gasteiger partial charge in [-0.3, -0.25) is 14.6 Å². The van der Waals surface area contributed by atoms with Crippen molar-refractivity contribution in [2.24, 2.45) is 0 Å². The van der Waals surface area contributed by atoms with Crippen LogP contribution in [0.15, 0.2) is 5.38 Å². The summed E-state index contributed by atoms with van der Waals surface area (Å²) < 4.78 is 0. The largest absolute Gasteiger partial charge is 0.326 e. The summed E-state index contributed by atoms with van der Waals surface area (Å²) in [5.74, 6) is -0.00484. The summed E-state index contributed by atoms with van der Waals surface area (Å²) in [5, 5.41) is 6.27. The summed E-state index contributed by atoms with van der Waals surface area (Å²) in [5.41, 5.74) is 0.507. The minimum absolute atomic E-state index is 0.00484. The van der Waals surface area contributed by atoms with Gasteiger partial charge < -0.3 is 5.32 Å². The van der Waals surface area contributed by atoms with Gasteiger partial charge in [-0.25, -0.2) is 14.7 Å². The Hall–Kier alpha value is -1.51. The highest BCUT2D eigenvalue weighted by molar-refractivity contribution is 7.09. The first-order valence-corrected chi connectivity index (χ1v) is 10.9. The lowest BCUT2D eigenvalue weighted by atomic mass is 9.90. The lowest BCUT2D eigenvalue weighted by Crippen LogP contribution is -2.51. The van der Waals surface area contributed by atoms with Crippen molar-refractivity contribution in [3.63, 3.8) is 0 Å². The summed E-state index contributed by atoms with van der Waals surface area (Å²) >= 11 is 1.69. The molecule has 0 radical (unpaired) electrons. The molecule has 0 atom stereocenters. The molecule has 7 nitrogen and oxygen atoms in total. The quantitative estimate of drug-likeness (QED) is 0.797. The summed E-state index contributed by atoms with van der Waals surface area (Å²) in [4.78, 5) is 36.1. The van der Waals surface area contributed by atoms with E-state index in [0.29, 0.717) is 6.67 Å². The first-order chi connectivity index (χ1) is 13.1. The molecule has 2 saturated heterocycles. The number of hydrogen-bond acceptors (Lipinski definition) is 6. The van der Waals surface area contributed by atoms with E-state index >= 15 is 0 Å². The minimum Gasteiger partial charge on any atom is -0.323 e. The molecule has 0 unspecified atom stereocenters. The second-order valence-electron chi connectivity index (χ2n) is 8.05. The van der Waals surface area contributed by atoms with E-state index < -0.39 is 5.54 Å². The van der Waals surface area contributed by atoms with Gasteiger partial charge in [-0.05, 0) is 19.8 Å². The second kappa shape index (κ2) is 7.85. The highest BCUT2D eigenvalue weighted by Gasteiger charge is 2.50. The van der Waals surface area contributed by atoms with E-state index in [1.54, 1.807) is 11.3 Å². The predicted molar refractivity (Wildman–Crippen MR) is 104 cm³/mol. The van der Waals surface area contributed by atoms with Crippen LogP contribution >= 0.6 is 11.3 Å². The zero-order valence-corrected chi connectivity index (χ0v) is 16.9. The molecule has 4 rings (SSSR count). The fourth-order valence-corrected chi connectivity index (χ4v) is 5.08. The average Bonchev–Trinajstić information content (AvgIpc) is 3.04. The van der Waals surface area contributed by atoms with Gasteiger partial charge in [0.15, 0.2) is 0 Å². The number of nitrogens with zero attached hydrogens (tertiary/aromatic N) is 4. The van der Waals surface area contributed by atoms with Crippen LogP contribution in [0, 0.1) is 6.92 Å².